The molecule has 1 aromatic carbocycles. The zero-order chi connectivity index (χ0) is 12.3. The van der Waals surface area contributed by atoms with Crippen LogP contribution in [0, 0.1) is 0 Å². The van der Waals surface area contributed by atoms with Crippen molar-refractivity contribution < 1.29 is 20.1 Å². The molecule has 0 aliphatic rings. The van der Waals surface area contributed by atoms with Gasteiger partial charge in [0.15, 0.2) is 11.5 Å². The molecule has 0 bridgehead atoms. The van der Waals surface area contributed by atoms with Crippen LogP contribution in [0.2, 0.25) is 0 Å². The summed E-state index contributed by atoms with van der Waals surface area (Å²) >= 11 is 0. The summed E-state index contributed by atoms with van der Waals surface area (Å²) < 4.78 is 0. The van der Waals surface area contributed by atoms with Gasteiger partial charge in [-0.25, -0.2) is 4.79 Å². The Labute approximate surface area is 93.5 Å². The molecular weight excluding hydrogens is 208 g/mol. The van der Waals surface area contributed by atoms with E-state index in [9.17, 15) is 15.0 Å². The summed E-state index contributed by atoms with van der Waals surface area (Å²) in [5, 5.41) is 27.8. The van der Waals surface area contributed by atoms with Crippen LogP contribution in [0.4, 0.5) is 0 Å². The van der Waals surface area contributed by atoms with Gasteiger partial charge in [0.05, 0.1) is 0 Å². The Balaban J connectivity index is 3.12. The fourth-order valence-electron chi connectivity index (χ4n) is 1.27. The number of rotatable bonds is 3. The highest BCUT2D eigenvalue weighted by Crippen LogP contribution is 2.33. The van der Waals surface area contributed by atoms with Crippen molar-refractivity contribution in [3.05, 3.63) is 34.9 Å². The van der Waals surface area contributed by atoms with Crippen molar-refractivity contribution in [1.82, 2.24) is 0 Å². The SMILES string of the molecule is CC(C)=CCc1ccc(C(=O)O)c(O)c1O. The Morgan fingerprint density at radius 2 is 1.88 bits per heavy atom. The summed E-state index contributed by atoms with van der Waals surface area (Å²) in [4.78, 5) is 10.7. The largest absolute Gasteiger partial charge is 0.504 e. The normalized spacial score (nSPS) is 9.88. The summed E-state index contributed by atoms with van der Waals surface area (Å²) in [5.74, 6) is -2.20. The molecule has 0 aromatic heterocycles. The molecule has 4 heteroatoms. The number of phenolic OH excluding ortho intramolecular Hbond substituents is 1. The van der Waals surface area contributed by atoms with Crippen molar-refractivity contribution in [2.45, 2.75) is 20.3 Å². The highest BCUT2D eigenvalue weighted by Gasteiger charge is 2.15. The van der Waals surface area contributed by atoms with E-state index in [-0.39, 0.29) is 11.3 Å². The number of hydrogen-bond acceptors (Lipinski definition) is 3. The van der Waals surface area contributed by atoms with E-state index >= 15 is 0 Å². The number of hydrogen-bond donors (Lipinski definition) is 3. The van der Waals surface area contributed by atoms with Crippen molar-refractivity contribution in [3.63, 3.8) is 0 Å². The quantitative estimate of drug-likeness (QED) is 0.541. The Morgan fingerprint density at radius 3 is 2.38 bits per heavy atom. The summed E-state index contributed by atoms with van der Waals surface area (Å²) in [6.45, 7) is 3.84. The van der Waals surface area contributed by atoms with E-state index in [0.29, 0.717) is 12.0 Å². The Hall–Kier alpha value is -1.97. The van der Waals surface area contributed by atoms with Crippen LogP contribution in [0.5, 0.6) is 11.5 Å². The van der Waals surface area contributed by atoms with Crippen LogP contribution < -0.4 is 0 Å². The first-order valence-corrected chi connectivity index (χ1v) is 4.84. The number of phenols is 2. The monoisotopic (exact) mass is 222 g/mol. The van der Waals surface area contributed by atoms with Gasteiger partial charge in [-0.15, -0.1) is 0 Å². The molecule has 0 unspecified atom stereocenters. The van der Waals surface area contributed by atoms with Gasteiger partial charge >= 0.3 is 5.97 Å². The van der Waals surface area contributed by atoms with Crippen molar-refractivity contribution in [3.8, 4) is 11.5 Å². The molecule has 0 amide bonds. The van der Waals surface area contributed by atoms with E-state index in [1.54, 1.807) is 0 Å². The van der Waals surface area contributed by atoms with Gasteiger partial charge < -0.3 is 15.3 Å². The van der Waals surface area contributed by atoms with Crippen molar-refractivity contribution in [2.75, 3.05) is 0 Å². The molecule has 0 heterocycles. The number of allylic oxidation sites excluding steroid dienone is 2. The first-order valence-electron chi connectivity index (χ1n) is 4.84. The molecule has 0 saturated carbocycles. The molecule has 0 saturated heterocycles. The van der Waals surface area contributed by atoms with Crippen molar-refractivity contribution in [1.29, 1.82) is 0 Å². The summed E-state index contributed by atoms with van der Waals surface area (Å²) in [7, 11) is 0. The highest BCUT2D eigenvalue weighted by molar-refractivity contribution is 5.92. The molecule has 86 valence electrons. The summed E-state index contributed by atoms with van der Waals surface area (Å²) in [5.41, 5.74) is 1.29. The maximum absolute atomic E-state index is 10.7. The minimum atomic E-state index is -1.26. The molecule has 1 aromatic rings. The Kier molecular flexibility index (Phi) is 3.55. The standard InChI is InChI=1S/C12H14O4/c1-7(2)3-4-8-5-6-9(12(15)16)11(14)10(8)13/h3,5-6,13-14H,4H2,1-2H3,(H,15,16). The maximum atomic E-state index is 10.7. The average Bonchev–Trinajstić information content (AvgIpc) is 2.19. The van der Waals surface area contributed by atoms with Gasteiger partial charge in [0, 0.05) is 5.56 Å². The minimum Gasteiger partial charge on any atom is -0.504 e. The van der Waals surface area contributed by atoms with Crippen LogP contribution in [-0.4, -0.2) is 21.3 Å². The van der Waals surface area contributed by atoms with E-state index in [1.165, 1.54) is 12.1 Å². The van der Waals surface area contributed by atoms with E-state index in [0.717, 1.165) is 5.57 Å². The van der Waals surface area contributed by atoms with Crippen molar-refractivity contribution >= 4 is 5.97 Å². The first kappa shape index (κ1) is 12.1. The molecule has 4 nitrogen and oxygen atoms in total. The first-order chi connectivity index (χ1) is 7.43. The van der Waals surface area contributed by atoms with Crippen LogP contribution in [-0.2, 0) is 6.42 Å². The van der Waals surface area contributed by atoms with Crippen LogP contribution >= 0.6 is 0 Å². The molecule has 0 atom stereocenters. The molecule has 1 rings (SSSR count). The number of aromatic hydroxyl groups is 2. The van der Waals surface area contributed by atoms with Gasteiger partial charge in [0.1, 0.15) is 5.56 Å². The molecule has 16 heavy (non-hydrogen) atoms. The number of carboxylic acid groups (broad SMARTS) is 1. The van der Waals surface area contributed by atoms with Crippen LogP contribution in [0.25, 0.3) is 0 Å². The molecule has 0 aliphatic heterocycles. The minimum absolute atomic E-state index is 0.293. The smallest absolute Gasteiger partial charge is 0.339 e. The van der Waals surface area contributed by atoms with Gasteiger partial charge in [-0.3, -0.25) is 0 Å². The second-order valence-electron chi connectivity index (χ2n) is 3.76. The molecule has 3 N–H and O–H groups in total. The van der Waals surface area contributed by atoms with Crippen LogP contribution in [0.15, 0.2) is 23.8 Å². The Bertz CT molecular complexity index is 443. The lowest BCUT2D eigenvalue weighted by atomic mass is 10.0. The third-order valence-corrected chi connectivity index (χ3v) is 2.20. The van der Waals surface area contributed by atoms with E-state index in [4.69, 9.17) is 5.11 Å². The number of aromatic carboxylic acids is 1. The highest BCUT2D eigenvalue weighted by atomic mass is 16.4. The lowest BCUT2D eigenvalue weighted by Gasteiger charge is -2.06. The fourth-order valence-corrected chi connectivity index (χ4v) is 1.27. The van der Waals surface area contributed by atoms with E-state index in [2.05, 4.69) is 0 Å². The predicted octanol–water partition coefficient (Wildman–Crippen LogP) is 2.30. The number of carbonyl (C=O) groups is 1. The zero-order valence-corrected chi connectivity index (χ0v) is 9.19. The number of carboxylic acids is 1. The topological polar surface area (TPSA) is 77.8 Å². The summed E-state index contributed by atoms with van der Waals surface area (Å²) in [6.07, 6.45) is 2.34. The van der Waals surface area contributed by atoms with Crippen molar-refractivity contribution in [2.24, 2.45) is 0 Å². The zero-order valence-electron chi connectivity index (χ0n) is 9.19. The molecular formula is C12H14O4. The molecule has 0 aliphatic carbocycles. The molecule has 0 radical (unpaired) electrons. The molecule has 0 fully saturated rings. The number of benzene rings is 1. The van der Waals surface area contributed by atoms with Gasteiger partial charge in [-0.05, 0) is 26.3 Å². The third-order valence-electron chi connectivity index (χ3n) is 2.20. The van der Waals surface area contributed by atoms with E-state index < -0.39 is 11.7 Å². The Morgan fingerprint density at radius 1 is 1.25 bits per heavy atom. The third kappa shape index (κ3) is 2.53. The average molecular weight is 222 g/mol. The lowest BCUT2D eigenvalue weighted by molar-refractivity contribution is 0.0693. The van der Waals surface area contributed by atoms with Gasteiger partial charge in [0.25, 0.3) is 0 Å². The van der Waals surface area contributed by atoms with Crippen LogP contribution in [0.1, 0.15) is 29.8 Å². The van der Waals surface area contributed by atoms with Crippen LogP contribution in [0.3, 0.4) is 0 Å². The van der Waals surface area contributed by atoms with Gasteiger partial charge in [-0.2, -0.15) is 0 Å². The van der Waals surface area contributed by atoms with Gasteiger partial charge in [0.2, 0.25) is 0 Å². The lowest BCUT2D eigenvalue weighted by Crippen LogP contribution is -1.98. The molecule has 0 spiro atoms. The second kappa shape index (κ2) is 4.70. The maximum Gasteiger partial charge on any atom is 0.339 e. The van der Waals surface area contributed by atoms with E-state index in [1.807, 2.05) is 19.9 Å². The second-order valence-corrected chi connectivity index (χ2v) is 3.76. The van der Waals surface area contributed by atoms with Gasteiger partial charge in [-0.1, -0.05) is 17.7 Å². The summed E-state index contributed by atoms with van der Waals surface area (Å²) in [6, 6.07) is 2.78. The fraction of sp³-hybridized carbons (Fsp3) is 0.250. The predicted molar refractivity (Wildman–Crippen MR) is 59.9 cm³/mol.